The van der Waals surface area contributed by atoms with Crippen LogP contribution in [-0.2, 0) is 8.49 Å². The van der Waals surface area contributed by atoms with Gasteiger partial charge in [-0.25, -0.2) is 0 Å². The van der Waals surface area contributed by atoms with Gasteiger partial charge in [-0.2, -0.15) is 0 Å². The molecule has 1 saturated heterocycles. The van der Waals surface area contributed by atoms with Crippen LogP contribution in [0.1, 0.15) is 13.8 Å². The molecule has 0 unspecified atom stereocenters. The second-order valence-electron chi connectivity index (χ2n) is 2.64. The second-order valence-corrected chi connectivity index (χ2v) is 7.57. The van der Waals surface area contributed by atoms with E-state index in [1.807, 2.05) is 13.8 Å². The van der Waals surface area contributed by atoms with Crippen molar-refractivity contribution in [2.75, 3.05) is 6.61 Å². The molecule has 0 aromatic rings. The van der Waals surface area contributed by atoms with Crippen molar-refractivity contribution in [1.82, 2.24) is 0 Å². The molecule has 0 radical (unpaired) electrons. The van der Waals surface area contributed by atoms with Crippen LogP contribution in [0, 0.1) is 5.92 Å². The Labute approximate surface area is 63.7 Å². The Hall–Kier alpha value is 0.620. The molecular weight excluding hydrogens is 175 g/mol. The normalized spacial score (nSPS) is 31.1. The molecule has 0 spiro atoms. The molecule has 1 heterocycles. The van der Waals surface area contributed by atoms with Gasteiger partial charge in [-0.05, 0) is 0 Å². The Morgan fingerprint density at radius 2 is 2.10 bits per heavy atom. The minimum absolute atomic E-state index is 0.281. The molecule has 0 aliphatic carbocycles. The molecule has 1 fully saturated rings. The van der Waals surface area contributed by atoms with Gasteiger partial charge in [0, 0.05) is 0 Å². The molecule has 1 aliphatic heterocycles. The standard InChI is InChI=1S/C4H11O4PS/c1-4(2)3-7-9(5,6)8-10-9/h4-6H,3H2,1-2H3. The third kappa shape index (κ3) is 2.34. The van der Waals surface area contributed by atoms with Gasteiger partial charge in [0.25, 0.3) is 0 Å². The first-order valence-corrected chi connectivity index (χ1v) is 6.29. The van der Waals surface area contributed by atoms with Crippen molar-refractivity contribution < 1.29 is 18.3 Å². The topological polar surface area (TPSA) is 62.2 Å². The molecule has 0 bridgehead atoms. The molecule has 1 rings (SSSR count). The first kappa shape index (κ1) is 8.71. The van der Waals surface area contributed by atoms with E-state index in [1.165, 1.54) is 0 Å². The van der Waals surface area contributed by atoms with Crippen molar-refractivity contribution >= 4 is 18.4 Å². The molecule has 0 aromatic heterocycles. The minimum atomic E-state index is -4.00. The van der Waals surface area contributed by atoms with Gasteiger partial charge in [0.2, 0.25) is 0 Å². The molecule has 0 aromatic carbocycles. The molecule has 2 N–H and O–H groups in total. The summed E-state index contributed by atoms with van der Waals surface area (Å²) in [4.78, 5) is 18.1. The van der Waals surface area contributed by atoms with Crippen LogP contribution in [-0.4, -0.2) is 16.4 Å². The fourth-order valence-electron chi connectivity index (χ4n) is 0.363. The van der Waals surface area contributed by atoms with Gasteiger partial charge in [0.1, 0.15) is 0 Å². The fourth-order valence-corrected chi connectivity index (χ4v) is 2.57. The third-order valence-corrected chi connectivity index (χ3v) is 3.95. The van der Waals surface area contributed by atoms with Gasteiger partial charge in [-0.1, -0.05) is 0 Å². The van der Waals surface area contributed by atoms with Gasteiger partial charge in [0.05, 0.1) is 0 Å². The van der Waals surface area contributed by atoms with Crippen LogP contribution in [0.4, 0.5) is 0 Å². The van der Waals surface area contributed by atoms with E-state index in [2.05, 4.69) is 3.97 Å². The SMILES string of the molecule is CC(C)COP1(O)(O)OS1. The summed E-state index contributed by atoms with van der Waals surface area (Å²) in [5.41, 5.74) is 0. The summed E-state index contributed by atoms with van der Waals surface area (Å²) >= 11 is 0.634. The van der Waals surface area contributed by atoms with Crippen molar-refractivity contribution in [2.45, 2.75) is 13.8 Å². The number of hydrogen-bond donors (Lipinski definition) is 2. The summed E-state index contributed by atoms with van der Waals surface area (Å²) in [5, 5.41) is 0. The van der Waals surface area contributed by atoms with E-state index in [0.717, 1.165) is 0 Å². The van der Waals surface area contributed by atoms with Crippen LogP contribution in [0.25, 0.3) is 0 Å². The van der Waals surface area contributed by atoms with Gasteiger partial charge < -0.3 is 0 Å². The van der Waals surface area contributed by atoms with E-state index >= 15 is 0 Å². The van der Waals surface area contributed by atoms with Crippen molar-refractivity contribution in [1.29, 1.82) is 0 Å². The van der Waals surface area contributed by atoms with E-state index in [0.29, 0.717) is 18.3 Å². The van der Waals surface area contributed by atoms with Gasteiger partial charge in [-0.15, -0.1) is 0 Å². The van der Waals surface area contributed by atoms with Crippen LogP contribution in [0.5, 0.6) is 0 Å². The predicted octanol–water partition coefficient (Wildman–Crippen LogP) is 1.45. The van der Waals surface area contributed by atoms with Crippen molar-refractivity contribution in [2.24, 2.45) is 5.92 Å². The number of hydrogen-bond acceptors (Lipinski definition) is 5. The van der Waals surface area contributed by atoms with E-state index in [9.17, 15) is 0 Å². The Morgan fingerprint density at radius 1 is 1.60 bits per heavy atom. The van der Waals surface area contributed by atoms with Crippen LogP contribution in [0.15, 0.2) is 0 Å². The first-order valence-electron chi connectivity index (χ1n) is 2.97. The summed E-state index contributed by atoms with van der Waals surface area (Å²) in [6.07, 6.45) is 0. The first-order chi connectivity index (χ1) is 4.41. The van der Waals surface area contributed by atoms with E-state index in [-0.39, 0.29) is 5.92 Å². The Kier molecular flexibility index (Phi) is 2.01. The average molecular weight is 186 g/mol. The summed E-state index contributed by atoms with van der Waals surface area (Å²) < 4.78 is 9.14. The maximum absolute atomic E-state index is 9.05. The van der Waals surface area contributed by atoms with Crippen LogP contribution >= 0.6 is 18.4 Å². The van der Waals surface area contributed by atoms with Crippen molar-refractivity contribution in [3.05, 3.63) is 0 Å². The van der Waals surface area contributed by atoms with E-state index < -0.39 is 6.71 Å². The van der Waals surface area contributed by atoms with Gasteiger partial charge in [0.15, 0.2) is 0 Å². The molecule has 0 amide bonds. The molecule has 10 heavy (non-hydrogen) atoms. The average Bonchev–Trinajstić information content (AvgIpc) is 2.41. The predicted molar refractivity (Wildman–Crippen MR) is 40.8 cm³/mol. The zero-order valence-electron chi connectivity index (χ0n) is 5.85. The monoisotopic (exact) mass is 186 g/mol. The summed E-state index contributed by atoms with van der Waals surface area (Å²) in [7, 11) is 0. The Morgan fingerprint density at radius 3 is 2.40 bits per heavy atom. The van der Waals surface area contributed by atoms with Crippen LogP contribution in [0.3, 0.4) is 0 Å². The molecular formula is C4H11O4PS. The van der Waals surface area contributed by atoms with Crippen LogP contribution in [0.2, 0.25) is 0 Å². The Balaban J connectivity index is 2.26. The fraction of sp³-hybridized carbons (Fsp3) is 1.00. The van der Waals surface area contributed by atoms with Crippen LogP contribution < -0.4 is 0 Å². The second kappa shape index (κ2) is 2.30. The molecule has 1 aliphatic rings. The van der Waals surface area contributed by atoms with Gasteiger partial charge >= 0.3 is 63.0 Å². The molecule has 0 saturated carbocycles. The van der Waals surface area contributed by atoms with Crippen molar-refractivity contribution in [3.63, 3.8) is 0 Å². The van der Waals surface area contributed by atoms with E-state index in [4.69, 9.17) is 14.3 Å². The summed E-state index contributed by atoms with van der Waals surface area (Å²) in [6, 6.07) is 0. The quantitative estimate of drug-likeness (QED) is 0.397. The molecule has 6 heteroatoms. The third-order valence-electron chi connectivity index (χ3n) is 0.897. The maximum atomic E-state index is 9.05. The zero-order chi connectivity index (χ0) is 7.85. The number of rotatable bonds is 3. The molecule has 4 nitrogen and oxygen atoms in total. The van der Waals surface area contributed by atoms with Gasteiger partial charge in [-0.3, -0.25) is 0 Å². The van der Waals surface area contributed by atoms with E-state index in [1.54, 1.807) is 0 Å². The molecule has 62 valence electrons. The van der Waals surface area contributed by atoms with Crippen molar-refractivity contribution in [3.8, 4) is 0 Å². The Bertz CT molecular complexity index is 140. The molecule has 0 atom stereocenters. The zero-order valence-corrected chi connectivity index (χ0v) is 7.56. The summed E-state index contributed by atoms with van der Waals surface area (Å²) in [6.45, 7) is 0.159. The summed E-state index contributed by atoms with van der Waals surface area (Å²) in [5.74, 6) is 0.281.